The monoisotopic (exact) mass is 336 g/mol. The Morgan fingerprint density at radius 2 is 2.00 bits per heavy atom. The molecule has 0 saturated carbocycles. The number of rotatable bonds is 4. The smallest absolute Gasteiger partial charge is 0.264 e. The number of likely N-dealkylation sites (N-methyl/N-ethyl adjacent to an activating group) is 1. The number of hydrogen-bond donors (Lipinski definition) is 1. The highest BCUT2D eigenvalue weighted by Crippen LogP contribution is 2.28. The Balaban J connectivity index is 2.18. The van der Waals surface area contributed by atoms with Crippen LogP contribution in [0, 0.1) is 5.82 Å². The molecule has 0 atom stereocenters. The van der Waals surface area contributed by atoms with Gasteiger partial charge < -0.3 is 10.2 Å². The minimum atomic E-state index is -0.347. The molecule has 2 amide bonds. The van der Waals surface area contributed by atoms with Crippen LogP contribution in [0.2, 0.25) is 0 Å². The fourth-order valence-corrected chi connectivity index (χ4v) is 3.29. The van der Waals surface area contributed by atoms with Gasteiger partial charge in [0.1, 0.15) is 5.82 Å². The average Bonchev–Trinajstić information content (AvgIpc) is 2.87. The second-order valence-electron chi connectivity index (χ2n) is 6.38. The van der Waals surface area contributed by atoms with E-state index >= 15 is 0 Å². The van der Waals surface area contributed by atoms with Crippen molar-refractivity contribution < 1.29 is 14.0 Å². The van der Waals surface area contributed by atoms with Gasteiger partial charge in [0.15, 0.2) is 0 Å². The number of nitrogens with zero attached hydrogens (tertiary/aromatic N) is 1. The van der Waals surface area contributed by atoms with E-state index in [9.17, 15) is 14.0 Å². The van der Waals surface area contributed by atoms with Gasteiger partial charge in [-0.2, -0.15) is 0 Å². The number of fused-ring (bicyclic) bond motifs is 1. The molecule has 0 bridgehead atoms. The Hall–Kier alpha value is -1.95. The summed E-state index contributed by atoms with van der Waals surface area (Å²) in [5.41, 5.74) is -0.347. The number of hydrogen-bond acceptors (Lipinski definition) is 3. The number of halogens is 1. The van der Waals surface area contributed by atoms with Gasteiger partial charge in [-0.3, -0.25) is 9.59 Å². The highest BCUT2D eigenvalue weighted by molar-refractivity contribution is 7.20. The van der Waals surface area contributed by atoms with Crippen LogP contribution in [0.15, 0.2) is 24.3 Å². The number of benzene rings is 1. The summed E-state index contributed by atoms with van der Waals surface area (Å²) in [7, 11) is 0. The maximum absolute atomic E-state index is 13.8. The van der Waals surface area contributed by atoms with Crippen LogP contribution in [-0.4, -0.2) is 35.3 Å². The second kappa shape index (κ2) is 6.66. The van der Waals surface area contributed by atoms with E-state index in [0.29, 0.717) is 16.8 Å². The van der Waals surface area contributed by atoms with Crippen LogP contribution in [-0.2, 0) is 4.79 Å². The minimum absolute atomic E-state index is 0.0106. The van der Waals surface area contributed by atoms with E-state index in [1.54, 1.807) is 18.2 Å². The summed E-state index contributed by atoms with van der Waals surface area (Å²) in [5, 5.41) is 3.28. The van der Waals surface area contributed by atoms with Crippen LogP contribution in [0.25, 0.3) is 10.1 Å². The molecule has 1 aromatic heterocycles. The molecule has 2 aromatic rings. The molecule has 0 spiro atoms. The molecule has 6 heteroatoms. The summed E-state index contributed by atoms with van der Waals surface area (Å²) >= 11 is 1.24. The van der Waals surface area contributed by atoms with Crippen LogP contribution >= 0.6 is 11.3 Å². The number of amides is 2. The molecular formula is C17H21FN2O2S. The van der Waals surface area contributed by atoms with Crippen molar-refractivity contribution >= 4 is 33.2 Å². The Kier molecular flexibility index (Phi) is 5.04. The first-order valence-electron chi connectivity index (χ1n) is 7.49. The van der Waals surface area contributed by atoms with Crippen LogP contribution in [0.1, 0.15) is 37.4 Å². The minimum Gasteiger partial charge on any atom is -0.350 e. The first kappa shape index (κ1) is 17.4. The molecule has 4 nitrogen and oxygen atoms in total. The van der Waals surface area contributed by atoms with E-state index in [4.69, 9.17) is 0 Å². The Labute approximate surface area is 139 Å². The molecule has 0 fully saturated rings. The lowest BCUT2D eigenvalue weighted by molar-refractivity contribution is -0.123. The maximum Gasteiger partial charge on any atom is 0.264 e. The molecule has 0 radical (unpaired) electrons. The van der Waals surface area contributed by atoms with Gasteiger partial charge in [-0.25, -0.2) is 4.39 Å². The van der Waals surface area contributed by atoms with E-state index in [1.807, 2.05) is 27.7 Å². The topological polar surface area (TPSA) is 49.4 Å². The van der Waals surface area contributed by atoms with Crippen molar-refractivity contribution in [3.05, 3.63) is 35.0 Å². The van der Waals surface area contributed by atoms with Crippen molar-refractivity contribution in [3.63, 3.8) is 0 Å². The number of carbonyl (C=O) groups is 2. The first-order valence-corrected chi connectivity index (χ1v) is 8.31. The van der Waals surface area contributed by atoms with Gasteiger partial charge in [0, 0.05) is 22.2 Å². The van der Waals surface area contributed by atoms with Gasteiger partial charge in [0.25, 0.3) is 5.91 Å². The van der Waals surface area contributed by atoms with E-state index in [0.717, 1.165) is 4.70 Å². The zero-order valence-electron chi connectivity index (χ0n) is 13.8. The molecule has 1 aromatic carbocycles. The molecule has 0 saturated heterocycles. The second-order valence-corrected chi connectivity index (χ2v) is 7.46. The third-order valence-corrected chi connectivity index (χ3v) is 4.33. The van der Waals surface area contributed by atoms with Crippen molar-refractivity contribution in [2.75, 3.05) is 13.1 Å². The largest absolute Gasteiger partial charge is 0.350 e. The fraction of sp³-hybridized carbons (Fsp3) is 0.412. The summed E-state index contributed by atoms with van der Waals surface area (Å²) in [6.07, 6.45) is 0. The SMILES string of the molecule is CCN(CC(=O)NC(C)(C)C)C(=O)c1cc2c(F)cccc2s1. The van der Waals surface area contributed by atoms with Crippen LogP contribution in [0.3, 0.4) is 0 Å². The fourth-order valence-electron chi connectivity index (χ4n) is 2.24. The molecule has 0 aliphatic carbocycles. The third kappa shape index (κ3) is 4.28. The summed E-state index contributed by atoms with van der Waals surface area (Å²) in [6, 6.07) is 6.33. The van der Waals surface area contributed by atoms with Crippen molar-refractivity contribution in [1.82, 2.24) is 10.2 Å². The first-order chi connectivity index (χ1) is 10.7. The van der Waals surface area contributed by atoms with Crippen molar-refractivity contribution in [3.8, 4) is 0 Å². The van der Waals surface area contributed by atoms with Gasteiger partial charge in [-0.05, 0) is 45.9 Å². The number of thiophene rings is 1. The van der Waals surface area contributed by atoms with Crippen LogP contribution < -0.4 is 5.32 Å². The van der Waals surface area contributed by atoms with E-state index in [2.05, 4.69) is 5.32 Å². The molecule has 0 unspecified atom stereocenters. The normalized spacial score (nSPS) is 11.5. The average molecular weight is 336 g/mol. The molecule has 23 heavy (non-hydrogen) atoms. The third-order valence-electron chi connectivity index (χ3n) is 3.24. The van der Waals surface area contributed by atoms with E-state index in [-0.39, 0.29) is 29.7 Å². The lowest BCUT2D eigenvalue weighted by Crippen LogP contribution is -2.47. The molecular weight excluding hydrogens is 315 g/mol. The summed E-state index contributed by atoms with van der Waals surface area (Å²) in [5.74, 6) is -0.802. The van der Waals surface area contributed by atoms with E-state index < -0.39 is 0 Å². The van der Waals surface area contributed by atoms with Crippen LogP contribution in [0.5, 0.6) is 0 Å². The molecule has 1 N–H and O–H groups in total. The molecule has 124 valence electrons. The molecule has 2 rings (SSSR count). The van der Waals surface area contributed by atoms with Gasteiger partial charge >= 0.3 is 0 Å². The van der Waals surface area contributed by atoms with Gasteiger partial charge in [-0.1, -0.05) is 6.07 Å². The van der Waals surface area contributed by atoms with Gasteiger partial charge in [-0.15, -0.1) is 11.3 Å². The van der Waals surface area contributed by atoms with Crippen molar-refractivity contribution in [1.29, 1.82) is 0 Å². The predicted octanol–water partition coefficient (Wildman–Crippen LogP) is 3.42. The molecule has 0 aliphatic heterocycles. The zero-order valence-corrected chi connectivity index (χ0v) is 14.6. The van der Waals surface area contributed by atoms with Crippen molar-refractivity contribution in [2.24, 2.45) is 0 Å². The van der Waals surface area contributed by atoms with Gasteiger partial charge in [0.2, 0.25) is 5.91 Å². The zero-order chi connectivity index (χ0) is 17.2. The number of nitrogens with one attached hydrogen (secondary N) is 1. The standard InChI is InChI=1S/C17H21FN2O2S/c1-5-20(10-15(21)19-17(2,3)4)16(22)14-9-11-12(18)7-6-8-13(11)23-14/h6-9H,5,10H2,1-4H3,(H,19,21). The van der Waals surface area contributed by atoms with Crippen LogP contribution in [0.4, 0.5) is 4.39 Å². The predicted molar refractivity (Wildman–Crippen MR) is 91.3 cm³/mol. The Morgan fingerprint density at radius 3 is 2.57 bits per heavy atom. The van der Waals surface area contributed by atoms with Crippen molar-refractivity contribution in [2.45, 2.75) is 33.2 Å². The summed E-state index contributed by atoms with van der Waals surface area (Å²) in [4.78, 5) is 26.5. The highest BCUT2D eigenvalue weighted by Gasteiger charge is 2.22. The Morgan fingerprint density at radius 1 is 1.30 bits per heavy atom. The summed E-state index contributed by atoms with van der Waals surface area (Å²) < 4.78 is 14.5. The maximum atomic E-state index is 13.8. The van der Waals surface area contributed by atoms with Gasteiger partial charge in [0.05, 0.1) is 11.4 Å². The lowest BCUT2D eigenvalue weighted by atomic mass is 10.1. The Bertz CT molecular complexity index is 734. The molecule has 0 aliphatic rings. The lowest BCUT2D eigenvalue weighted by Gasteiger charge is -2.24. The quantitative estimate of drug-likeness (QED) is 0.930. The van der Waals surface area contributed by atoms with E-state index in [1.165, 1.54) is 22.3 Å². The molecule has 1 heterocycles. The summed E-state index contributed by atoms with van der Waals surface area (Å²) in [6.45, 7) is 7.87. The highest BCUT2D eigenvalue weighted by atomic mass is 32.1. The number of carbonyl (C=O) groups excluding carboxylic acids is 2.